The summed E-state index contributed by atoms with van der Waals surface area (Å²) in [5.41, 5.74) is 7.08. The fraction of sp³-hybridized carbons (Fsp3) is 0.278. The van der Waals surface area contributed by atoms with E-state index in [-0.39, 0.29) is 18.3 Å². The Morgan fingerprint density at radius 3 is 2.74 bits per heavy atom. The van der Waals surface area contributed by atoms with Gasteiger partial charge in [0.2, 0.25) is 0 Å². The van der Waals surface area contributed by atoms with Crippen LogP contribution in [-0.4, -0.2) is 25.8 Å². The van der Waals surface area contributed by atoms with E-state index < -0.39 is 6.61 Å². The number of fused-ring (bicyclic) bond motifs is 1. The molecule has 0 atom stereocenters. The lowest BCUT2D eigenvalue weighted by molar-refractivity contribution is -0.0504. The summed E-state index contributed by atoms with van der Waals surface area (Å²) < 4.78 is 41.5. The highest BCUT2D eigenvalue weighted by Crippen LogP contribution is 2.32. The minimum atomic E-state index is -2.91. The van der Waals surface area contributed by atoms with E-state index in [1.807, 2.05) is 0 Å². The molecule has 2 aromatic rings. The molecule has 1 heterocycles. The van der Waals surface area contributed by atoms with E-state index in [4.69, 9.17) is 15.2 Å². The summed E-state index contributed by atoms with van der Waals surface area (Å²) in [6.07, 6.45) is 0.816. The van der Waals surface area contributed by atoms with Gasteiger partial charge in [-0.15, -0.1) is 0 Å². The Kier molecular flexibility index (Phi) is 6.33. The van der Waals surface area contributed by atoms with Gasteiger partial charge in [-0.3, -0.25) is 0 Å². The number of ether oxygens (including phenoxy) is 3. The van der Waals surface area contributed by atoms with Gasteiger partial charge in [0.15, 0.2) is 17.5 Å². The largest absolute Gasteiger partial charge is 0.490 e. The SMILES string of the molecule is NC(=NCc1cc(Br)ccc1OC(F)F)Nc1ccc2c(c1)OCCCO2. The van der Waals surface area contributed by atoms with Crippen LogP contribution in [0.5, 0.6) is 17.2 Å². The third kappa shape index (κ3) is 5.46. The molecule has 0 unspecified atom stereocenters. The van der Waals surface area contributed by atoms with Crippen molar-refractivity contribution in [1.82, 2.24) is 0 Å². The van der Waals surface area contributed by atoms with E-state index in [2.05, 4.69) is 31.0 Å². The first kappa shape index (κ1) is 19.2. The lowest BCUT2D eigenvalue weighted by Crippen LogP contribution is -2.22. The molecule has 0 bridgehead atoms. The molecule has 2 aromatic carbocycles. The highest BCUT2D eigenvalue weighted by molar-refractivity contribution is 9.10. The number of hydrogen-bond acceptors (Lipinski definition) is 4. The second-order valence-electron chi connectivity index (χ2n) is 5.67. The number of anilines is 1. The van der Waals surface area contributed by atoms with Gasteiger partial charge in [-0.1, -0.05) is 15.9 Å². The van der Waals surface area contributed by atoms with Crippen LogP contribution in [0.15, 0.2) is 45.9 Å². The molecule has 6 nitrogen and oxygen atoms in total. The molecular formula is C18H18BrF2N3O3. The zero-order valence-electron chi connectivity index (χ0n) is 14.3. The van der Waals surface area contributed by atoms with E-state index in [9.17, 15) is 8.78 Å². The number of nitrogens with one attached hydrogen (secondary N) is 1. The lowest BCUT2D eigenvalue weighted by Gasteiger charge is -2.12. The third-order valence-corrected chi connectivity index (χ3v) is 4.17. The number of aliphatic imine (C=N–C) groups is 1. The molecule has 1 aliphatic rings. The number of guanidine groups is 1. The Hall–Kier alpha value is -2.55. The molecule has 3 rings (SSSR count). The highest BCUT2D eigenvalue weighted by Gasteiger charge is 2.12. The van der Waals surface area contributed by atoms with Crippen molar-refractivity contribution >= 4 is 27.6 Å². The fourth-order valence-corrected chi connectivity index (χ4v) is 2.89. The number of benzene rings is 2. The van der Waals surface area contributed by atoms with Gasteiger partial charge in [0.1, 0.15) is 5.75 Å². The van der Waals surface area contributed by atoms with Crippen molar-refractivity contribution in [3.63, 3.8) is 0 Å². The van der Waals surface area contributed by atoms with Crippen molar-refractivity contribution in [1.29, 1.82) is 0 Å². The summed E-state index contributed by atoms with van der Waals surface area (Å²) in [7, 11) is 0. The zero-order valence-corrected chi connectivity index (χ0v) is 15.8. The van der Waals surface area contributed by atoms with Gasteiger partial charge >= 0.3 is 6.61 Å². The average Bonchev–Trinajstić information content (AvgIpc) is 2.86. The van der Waals surface area contributed by atoms with Crippen LogP contribution in [0.1, 0.15) is 12.0 Å². The quantitative estimate of drug-likeness (QED) is 0.538. The van der Waals surface area contributed by atoms with Crippen LogP contribution < -0.4 is 25.3 Å². The summed E-state index contributed by atoms with van der Waals surface area (Å²) in [5, 5.41) is 2.95. The van der Waals surface area contributed by atoms with Crippen LogP contribution in [0.3, 0.4) is 0 Å². The standard InChI is InChI=1S/C18H18BrF2N3O3/c19-12-2-4-14(27-17(20)21)11(8-12)10-23-18(22)24-13-3-5-15-16(9-13)26-7-1-6-25-15/h2-5,8-9,17H,1,6-7,10H2,(H3,22,23,24). The third-order valence-electron chi connectivity index (χ3n) is 3.68. The van der Waals surface area contributed by atoms with Crippen molar-refractivity contribution in [2.45, 2.75) is 19.6 Å². The Balaban J connectivity index is 1.70. The predicted molar refractivity (Wildman–Crippen MR) is 102 cm³/mol. The van der Waals surface area contributed by atoms with Crippen LogP contribution in [0.25, 0.3) is 0 Å². The molecule has 0 fully saturated rings. The number of nitrogens with two attached hydrogens (primary N) is 1. The van der Waals surface area contributed by atoms with Crippen molar-refractivity contribution in [2.24, 2.45) is 10.7 Å². The first-order valence-corrected chi connectivity index (χ1v) is 9.00. The molecule has 0 amide bonds. The van der Waals surface area contributed by atoms with E-state index in [0.717, 1.165) is 10.9 Å². The maximum absolute atomic E-state index is 12.5. The first-order chi connectivity index (χ1) is 13.0. The average molecular weight is 442 g/mol. The van der Waals surface area contributed by atoms with Crippen LogP contribution >= 0.6 is 15.9 Å². The van der Waals surface area contributed by atoms with Gasteiger partial charge in [0, 0.05) is 28.2 Å². The molecule has 0 aromatic heterocycles. The molecule has 0 saturated carbocycles. The summed E-state index contributed by atoms with van der Waals surface area (Å²) >= 11 is 3.30. The van der Waals surface area contributed by atoms with Gasteiger partial charge < -0.3 is 25.3 Å². The molecule has 0 radical (unpaired) electrons. The molecule has 0 spiro atoms. The van der Waals surface area contributed by atoms with Crippen molar-refractivity contribution in [3.8, 4) is 17.2 Å². The van der Waals surface area contributed by atoms with Crippen LogP contribution in [-0.2, 0) is 6.54 Å². The van der Waals surface area contributed by atoms with Gasteiger partial charge in [0.05, 0.1) is 19.8 Å². The number of alkyl halides is 2. The van der Waals surface area contributed by atoms with E-state index in [0.29, 0.717) is 36.0 Å². The Morgan fingerprint density at radius 2 is 1.96 bits per heavy atom. The zero-order chi connectivity index (χ0) is 19.2. The molecule has 0 saturated heterocycles. The summed E-state index contributed by atoms with van der Waals surface area (Å²) in [4.78, 5) is 4.19. The molecule has 9 heteroatoms. The van der Waals surface area contributed by atoms with E-state index in [1.54, 1.807) is 30.3 Å². The lowest BCUT2D eigenvalue weighted by atomic mass is 10.2. The molecule has 27 heavy (non-hydrogen) atoms. The Morgan fingerprint density at radius 1 is 1.19 bits per heavy atom. The van der Waals surface area contributed by atoms with Crippen molar-refractivity contribution < 1.29 is 23.0 Å². The number of rotatable bonds is 5. The Bertz CT molecular complexity index is 833. The normalized spacial score (nSPS) is 14.0. The summed E-state index contributed by atoms with van der Waals surface area (Å²) in [6, 6.07) is 10.1. The van der Waals surface area contributed by atoms with Gasteiger partial charge in [-0.05, 0) is 30.3 Å². The molecule has 0 aliphatic carbocycles. The second kappa shape index (κ2) is 8.90. The van der Waals surface area contributed by atoms with Crippen molar-refractivity contribution in [3.05, 3.63) is 46.4 Å². The van der Waals surface area contributed by atoms with Gasteiger partial charge in [-0.25, -0.2) is 4.99 Å². The maximum Gasteiger partial charge on any atom is 0.387 e. The monoisotopic (exact) mass is 441 g/mol. The van der Waals surface area contributed by atoms with Gasteiger partial charge in [-0.2, -0.15) is 8.78 Å². The molecule has 1 aliphatic heterocycles. The van der Waals surface area contributed by atoms with Gasteiger partial charge in [0.25, 0.3) is 0 Å². The van der Waals surface area contributed by atoms with Crippen LogP contribution in [0.4, 0.5) is 14.5 Å². The summed E-state index contributed by atoms with van der Waals surface area (Å²) in [6.45, 7) is -1.65. The topological polar surface area (TPSA) is 78.1 Å². The molecular weight excluding hydrogens is 424 g/mol. The van der Waals surface area contributed by atoms with Crippen molar-refractivity contribution in [2.75, 3.05) is 18.5 Å². The number of halogens is 3. The fourth-order valence-electron chi connectivity index (χ4n) is 2.48. The first-order valence-electron chi connectivity index (χ1n) is 8.21. The van der Waals surface area contributed by atoms with Crippen LogP contribution in [0.2, 0.25) is 0 Å². The minimum Gasteiger partial charge on any atom is -0.490 e. The van der Waals surface area contributed by atoms with E-state index in [1.165, 1.54) is 6.07 Å². The predicted octanol–water partition coefficient (Wildman–Crippen LogP) is 4.14. The molecule has 144 valence electrons. The second-order valence-corrected chi connectivity index (χ2v) is 6.58. The number of nitrogens with zero attached hydrogens (tertiary/aromatic N) is 1. The van der Waals surface area contributed by atoms with E-state index >= 15 is 0 Å². The number of hydrogen-bond donors (Lipinski definition) is 2. The molecule has 3 N–H and O–H groups in total. The highest BCUT2D eigenvalue weighted by atomic mass is 79.9. The maximum atomic E-state index is 12.5. The summed E-state index contributed by atoms with van der Waals surface area (Å²) in [5.74, 6) is 1.49. The van der Waals surface area contributed by atoms with Crippen LogP contribution in [0, 0.1) is 0 Å². The Labute approximate surface area is 163 Å². The minimum absolute atomic E-state index is 0.0559. The smallest absolute Gasteiger partial charge is 0.387 e.